The SMILES string of the molecule is FC(F)(F)c1cc([B-](c2cc(C(F)(F)F)cc(C(F)(F)F)c2)(c2cc(C(F)(F)F)cc(C(F)(F)F)c2)c2cc(C(F)(F)F)cc(C(F)(F)F)c2)cc(C(F)(F)F)c1.O=C(Oc1ccccc1F)c1ccc2ccccc2[n+]1Cc1ccccc1. The number of pyridine rings is 1. The van der Waals surface area contributed by atoms with E-state index in [1.165, 1.54) is 12.1 Å². The molecule has 0 fully saturated rings. The van der Waals surface area contributed by atoms with Crippen LogP contribution in [0.1, 0.15) is 60.6 Å². The van der Waals surface area contributed by atoms with E-state index in [0.717, 1.165) is 16.5 Å². The van der Waals surface area contributed by atoms with E-state index in [4.69, 9.17) is 4.74 Å². The molecule has 8 aromatic rings. The Hall–Kier alpha value is -8.27. The van der Waals surface area contributed by atoms with Crippen molar-refractivity contribution in [2.24, 2.45) is 0 Å². The molecule has 0 unspecified atom stereocenters. The third-order valence-electron chi connectivity index (χ3n) is 12.8. The molecule has 0 radical (unpaired) electrons. The van der Waals surface area contributed by atoms with Crippen molar-refractivity contribution in [1.29, 1.82) is 0 Å². The van der Waals surface area contributed by atoms with Gasteiger partial charge in [0.05, 0.1) is 44.5 Å². The second-order valence-corrected chi connectivity index (χ2v) is 18.4. The minimum Gasteiger partial charge on any atom is -0.415 e. The number of hydrogen-bond donors (Lipinski definition) is 0. The normalized spacial score (nSPS) is 13.2. The Morgan fingerprint density at radius 2 is 0.655 bits per heavy atom. The molecule has 29 heteroatoms. The largest absolute Gasteiger partial charge is 0.416 e. The van der Waals surface area contributed by atoms with Crippen LogP contribution in [0.2, 0.25) is 0 Å². The molecule has 0 aliphatic rings. The van der Waals surface area contributed by atoms with Gasteiger partial charge in [0.2, 0.25) is 5.52 Å². The number of esters is 1. The van der Waals surface area contributed by atoms with E-state index in [-0.39, 0.29) is 5.75 Å². The van der Waals surface area contributed by atoms with Crippen LogP contribution in [-0.2, 0) is 56.0 Å². The quantitative estimate of drug-likeness (QED) is 0.0499. The molecule has 0 atom stereocenters. The Morgan fingerprint density at radius 3 is 0.976 bits per heavy atom. The fourth-order valence-electron chi connectivity index (χ4n) is 9.13. The molecule has 0 saturated heterocycles. The number of carbonyl (C=O) groups excluding carboxylic acids is 1. The minimum atomic E-state index is -6.13. The van der Waals surface area contributed by atoms with Gasteiger partial charge in [0.25, 0.3) is 5.69 Å². The zero-order chi connectivity index (χ0) is 62.6. The number of carbonyl (C=O) groups is 1. The Morgan fingerprint density at radius 1 is 0.357 bits per heavy atom. The van der Waals surface area contributed by atoms with Crippen molar-refractivity contribution in [2.45, 2.75) is 56.0 Å². The standard InChI is InChI=1S/C32H12BF24.C23H17FNO2/c34-25(35,36)13-1-14(26(37,38)39)6-21(5-13)33(22-7-15(27(40,41)42)2-16(8-22)28(43,44)45,23-9-17(29(46,47)48)3-18(10-23)30(49,50)51)24-11-19(31(52,53)54)4-20(12-24)32(55,56)57;24-19-11-5-7-13-22(19)27-23(26)21-15-14-18-10-4-6-12-20(18)25(21)16-17-8-2-1-3-9-17/h1-12H;1-15H,16H2/q-1;+1. The van der Waals surface area contributed by atoms with Gasteiger partial charge in [0.15, 0.2) is 18.1 Å². The van der Waals surface area contributed by atoms with Crippen molar-refractivity contribution in [2.75, 3.05) is 0 Å². The average molecular weight is 1220 g/mol. The Bertz CT molecular complexity index is 3290. The molecular weight excluding hydrogens is 1190 g/mol. The van der Waals surface area contributed by atoms with E-state index in [9.17, 15) is 115 Å². The van der Waals surface area contributed by atoms with Crippen molar-refractivity contribution in [1.82, 2.24) is 0 Å². The monoisotopic (exact) mass is 1220 g/mol. The number of alkyl halides is 24. The molecule has 0 aliphatic carbocycles. The molecule has 0 N–H and O–H groups in total. The van der Waals surface area contributed by atoms with Gasteiger partial charge in [0.1, 0.15) is 6.15 Å². The number of halogens is 25. The average Bonchev–Trinajstić information content (AvgIpc) is 0.811. The van der Waals surface area contributed by atoms with Crippen LogP contribution in [0.25, 0.3) is 10.9 Å². The molecule has 1 heterocycles. The molecule has 8 rings (SSSR count). The number of aromatic nitrogens is 1. The molecule has 1 aromatic heterocycles. The first kappa shape index (κ1) is 63.3. The summed E-state index contributed by atoms with van der Waals surface area (Å²) in [6.45, 7) is 0.504. The molecule has 84 heavy (non-hydrogen) atoms. The van der Waals surface area contributed by atoms with Crippen LogP contribution in [0.4, 0.5) is 110 Å². The van der Waals surface area contributed by atoms with E-state index >= 15 is 0 Å². The van der Waals surface area contributed by atoms with Crippen LogP contribution in [0.15, 0.2) is 164 Å². The third-order valence-corrected chi connectivity index (χ3v) is 12.8. The lowest BCUT2D eigenvalue weighted by Crippen LogP contribution is -2.75. The maximum atomic E-state index is 14.2. The van der Waals surface area contributed by atoms with Gasteiger partial charge in [-0.2, -0.15) is 132 Å². The number of para-hydroxylation sites is 2. The Kier molecular flexibility index (Phi) is 16.9. The summed E-state index contributed by atoms with van der Waals surface area (Å²) in [7, 11) is 0. The van der Waals surface area contributed by atoms with E-state index in [2.05, 4.69) is 0 Å². The van der Waals surface area contributed by atoms with Crippen molar-refractivity contribution >= 4 is 44.9 Å². The van der Waals surface area contributed by atoms with Crippen LogP contribution in [-0.4, -0.2) is 12.1 Å². The fraction of sp³-hybridized carbons (Fsp3) is 0.164. The summed E-state index contributed by atoms with van der Waals surface area (Å²) in [5.41, 5.74) is -27.9. The van der Waals surface area contributed by atoms with E-state index in [1.54, 1.807) is 18.2 Å². The van der Waals surface area contributed by atoms with E-state index in [1.807, 2.05) is 65.2 Å². The summed E-state index contributed by atoms with van der Waals surface area (Å²) >= 11 is 0. The summed E-state index contributed by atoms with van der Waals surface area (Å²) in [5, 5.41) is 1.01. The highest BCUT2D eigenvalue weighted by Crippen LogP contribution is 2.41. The second kappa shape index (κ2) is 22.4. The number of nitrogens with zero attached hydrogens (tertiary/aromatic N) is 1. The molecule has 0 amide bonds. The number of fused-ring (bicyclic) bond motifs is 1. The van der Waals surface area contributed by atoms with E-state index in [0.29, 0.717) is 12.2 Å². The topological polar surface area (TPSA) is 30.2 Å². The van der Waals surface area contributed by atoms with Crippen LogP contribution in [0.3, 0.4) is 0 Å². The maximum Gasteiger partial charge on any atom is 0.416 e. The van der Waals surface area contributed by atoms with E-state index < -0.39 is 206 Å². The predicted molar refractivity (Wildman–Crippen MR) is 251 cm³/mol. The molecule has 0 saturated carbocycles. The number of hydrogen-bond acceptors (Lipinski definition) is 2. The highest BCUT2D eigenvalue weighted by atomic mass is 19.4. The minimum absolute atomic E-state index is 0.0816. The first-order valence-electron chi connectivity index (χ1n) is 23.3. The lowest BCUT2D eigenvalue weighted by molar-refractivity contribution is -0.664. The van der Waals surface area contributed by atoms with Crippen LogP contribution >= 0.6 is 0 Å². The van der Waals surface area contributed by atoms with Crippen molar-refractivity contribution in [3.8, 4) is 5.75 Å². The third kappa shape index (κ3) is 14.0. The van der Waals surface area contributed by atoms with Gasteiger partial charge in [-0.05, 0) is 48.5 Å². The molecule has 0 spiro atoms. The summed E-state index contributed by atoms with van der Waals surface area (Å²) < 4.78 is 362. The number of rotatable bonds is 8. The highest BCUT2D eigenvalue weighted by Gasteiger charge is 2.47. The summed E-state index contributed by atoms with van der Waals surface area (Å²) in [6, 6.07) is 18.4. The number of ether oxygens (including phenoxy) is 1. The summed E-state index contributed by atoms with van der Waals surface area (Å²) in [4.78, 5) is 12.8. The first-order chi connectivity index (χ1) is 38.5. The van der Waals surface area contributed by atoms with Gasteiger partial charge in [-0.25, -0.2) is 9.18 Å². The zero-order valence-corrected chi connectivity index (χ0v) is 41.1. The predicted octanol–water partition coefficient (Wildman–Crippen LogP) is 15.7. The second-order valence-electron chi connectivity index (χ2n) is 18.4. The van der Waals surface area contributed by atoms with Crippen molar-refractivity contribution in [3.63, 3.8) is 0 Å². The Labute approximate surface area is 455 Å². The van der Waals surface area contributed by atoms with Gasteiger partial charge in [-0.15, -0.1) is 0 Å². The first-order valence-corrected chi connectivity index (χ1v) is 23.3. The van der Waals surface area contributed by atoms with Crippen LogP contribution < -0.4 is 31.2 Å². The fourth-order valence-corrected chi connectivity index (χ4v) is 9.13. The van der Waals surface area contributed by atoms with Gasteiger partial charge in [-0.1, -0.05) is 103 Å². The van der Waals surface area contributed by atoms with Crippen molar-refractivity contribution < 1.29 is 124 Å². The molecule has 0 aliphatic heterocycles. The summed E-state index contributed by atoms with van der Waals surface area (Å²) in [5.74, 6) is -1.25. The van der Waals surface area contributed by atoms with Gasteiger partial charge < -0.3 is 4.74 Å². The maximum absolute atomic E-state index is 14.2. The van der Waals surface area contributed by atoms with Crippen molar-refractivity contribution in [3.05, 3.63) is 225 Å². The molecule has 3 nitrogen and oxygen atoms in total. The lowest BCUT2D eigenvalue weighted by Gasteiger charge is -2.46. The molecular formula is C55H29BF25NO2. The lowest BCUT2D eigenvalue weighted by atomic mass is 9.12. The smallest absolute Gasteiger partial charge is 0.415 e. The summed E-state index contributed by atoms with van der Waals surface area (Å²) in [6.07, 6.45) is -54.8. The molecule has 7 aromatic carbocycles. The van der Waals surface area contributed by atoms with Crippen LogP contribution in [0, 0.1) is 5.82 Å². The molecule has 444 valence electrons. The Balaban J connectivity index is 0.000000309. The molecule has 0 bridgehead atoms. The van der Waals surface area contributed by atoms with Gasteiger partial charge in [-0.3, -0.25) is 0 Å². The highest BCUT2D eigenvalue weighted by molar-refractivity contribution is 7.20. The van der Waals surface area contributed by atoms with Crippen LogP contribution in [0.5, 0.6) is 5.75 Å². The van der Waals surface area contributed by atoms with Gasteiger partial charge in [0, 0.05) is 23.1 Å². The number of benzene rings is 7. The van der Waals surface area contributed by atoms with Gasteiger partial charge >= 0.3 is 55.4 Å². The zero-order valence-electron chi connectivity index (χ0n) is 41.1.